The van der Waals surface area contributed by atoms with Gasteiger partial charge >= 0.3 is 5.97 Å². The van der Waals surface area contributed by atoms with E-state index >= 15 is 0 Å². The number of nitrogens with one attached hydrogen (secondary N) is 1. The fourth-order valence-corrected chi connectivity index (χ4v) is 3.52. The smallest absolute Gasteiger partial charge is 0.311 e. The Bertz CT molecular complexity index is 938. The minimum Gasteiger partial charge on any atom is -0.455 e. The number of hydrogen-bond acceptors (Lipinski definition) is 4. The molecule has 2 amide bonds. The first-order valence-corrected chi connectivity index (χ1v) is 9.81. The molecular formula is C23H26N2O4. The van der Waals surface area contributed by atoms with Crippen molar-refractivity contribution < 1.29 is 19.1 Å². The summed E-state index contributed by atoms with van der Waals surface area (Å²) in [7, 11) is 0. The zero-order chi connectivity index (χ0) is 21.0. The van der Waals surface area contributed by atoms with Crippen LogP contribution in [0.15, 0.2) is 42.5 Å². The first-order chi connectivity index (χ1) is 13.9. The van der Waals surface area contributed by atoms with Gasteiger partial charge in [-0.15, -0.1) is 0 Å². The molecule has 6 heteroatoms. The van der Waals surface area contributed by atoms with Gasteiger partial charge in [-0.3, -0.25) is 14.4 Å². The molecule has 1 atom stereocenters. The molecule has 1 aliphatic rings. The highest BCUT2D eigenvalue weighted by molar-refractivity contribution is 6.00. The molecule has 0 aromatic heterocycles. The van der Waals surface area contributed by atoms with Gasteiger partial charge in [0.2, 0.25) is 5.91 Å². The molecule has 1 saturated heterocycles. The van der Waals surface area contributed by atoms with E-state index in [1.807, 2.05) is 63.2 Å². The second kappa shape index (κ2) is 8.90. The normalized spacial score (nSPS) is 16.0. The van der Waals surface area contributed by atoms with Crippen LogP contribution in [0.3, 0.4) is 0 Å². The molecular weight excluding hydrogens is 368 g/mol. The maximum Gasteiger partial charge on any atom is 0.311 e. The monoisotopic (exact) mass is 394 g/mol. The van der Waals surface area contributed by atoms with E-state index in [-0.39, 0.29) is 25.5 Å². The second-order valence-corrected chi connectivity index (χ2v) is 7.29. The van der Waals surface area contributed by atoms with Gasteiger partial charge in [-0.2, -0.15) is 0 Å². The van der Waals surface area contributed by atoms with Crippen molar-refractivity contribution in [1.29, 1.82) is 0 Å². The number of carbonyl (C=O) groups is 3. The largest absolute Gasteiger partial charge is 0.455 e. The zero-order valence-corrected chi connectivity index (χ0v) is 17.0. The van der Waals surface area contributed by atoms with Gasteiger partial charge in [0, 0.05) is 24.3 Å². The van der Waals surface area contributed by atoms with Crippen LogP contribution in [0, 0.1) is 19.8 Å². The van der Waals surface area contributed by atoms with Crippen molar-refractivity contribution in [2.45, 2.75) is 33.6 Å². The van der Waals surface area contributed by atoms with E-state index in [1.165, 1.54) is 0 Å². The highest BCUT2D eigenvalue weighted by Gasteiger charge is 2.37. The van der Waals surface area contributed by atoms with Crippen molar-refractivity contribution >= 4 is 29.2 Å². The molecule has 0 aliphatic carbocycles. The van der Waals surface area contributed by atoms with Crippen LogP contribution in [0.4, 0.5) is 11.4 Å². The van der Waals surface area contributed by atoms with E-state index in [4.69, 9.17) is 4.74 Å². The van der Waals surface area contributed by atoms with Crippen LogP contribution < -0.4 is 10.2 Å². The molecule has 0 saturated carbocycles. The Hall–Kier alpha value is -3.15. The summed E-state index contributed by atoms with van der Waals surface area (Å²) in [5, 5.41) is 2.77. The average Bonchev–Trinajstić information content (AvgIpc) is 3.10. The van der Waals surface area contributed by atoms with E-state index in [0.29, 0.717) is 5.69 Å². The summed E-state index contributed by atoms with van der Waals surface area (Å²) < 4.78 is 5.19. The molecule has 0 bridgehead atoms. The third-order valence-corrected chi connectivity index (χ3v) is 5.34. The topological polar surface area (TPSA) is 75.7 Å². The Labute approximate surface area is 170 Å². The maximum atomic E-state index is 12.4. The first kappa shape index (κ1) is 20.6. The van der Waals surface area contributed by atoms with Crippen molar-refractivity contribution in [2.24, 2.45) is 5.92 Å². The van der Waals surface area contributed by atoms with Crippen LogP contribution in [0.25, 0.3) is 0 Å². The second-order valence-electron chi connectivity index (χ2n) is 7.29. The van der Waals surface area contributed by atoms with E-state index < -0.39 is 17.8 Å². The molecule has 1 unspecified atom stereocenters. The van der Waals surface area contributed by atoms with Crippen molar-refractivity contribution in [3.05, 3.63) is 59.2 Å². The molecule has 6 nitrogen and oxygen atoms in total. The van der Waals surface area contributed by atoms with Crippen LogP contribution in [0.2, 0.25) is 0 Å². The van der Waals surface area contributed by atoms with Crippen molar-refractivity contribution in [2.75, 3.05) is 23.4 Å². The van der Waals surface area contributed by atoms with Crippen LogP contribution in [-0.4, -0.2) is 30.9 Å². The third-order valence-electron chi connectivity index (χ3n) is 5.34. The number of para-hydroxylation sites is 1. The predicted molar refractivity (Wildman–Crippen MR) is 112 cm³/mol. The number of aryl methyl sites for hydroxylation is 2. The molecule has 2 aromatic rings. The van der Waals surface area contributed by atoms with E-state index in [9.17, 15) is 14.4 Å². The summed E-state index contributed by atoms with van der Waals surface area (Å²) in [4.78, 5) is 38.7. The summed E-state index contributed by atoms with van der Waals surface area (Å²) in [6.07, 6.45) is 0.876. The Morgan fingerprint density at radius 3 is 2.66 bits per heavy atom. The zero-order valence-electron chi connectivity index (χ0n) is 17.0. The molecule has 1 N–H and O–H groups in total. The molecule has 0 spiro atoms. The summed E-state index contributed by atoms with van der Waals surface area (Å²) in [5.74, 6) is -1.60. The molecule has 29 heavy (non-hydrogen) atoms. The molecule has 2 aromatic carbocycles. The van der Waals surface area contributed by atoms with E-state index in [1.54, 1.807) is 4.90 Å². The predicted octanol–water partition coefficient (Wildman–Crippen LogP) is 3.40. The van der Waals surface area contributed by atoms with Crippen LogP contribution in [0.5, 0.6) is 0 Å². The SMILES string of the molecule is CCc1ccccc1NC(=O)COC(=O)C1CC(=O)N(c2cccc(C)c2C)C1. The fourth-order valence-electron chi connectivity index (χ4n) is 3.52. The average molecular weight is 394 g/mol. The Morgan fingerprint density at radius 2 is 1.90 bits per heavy atom. The molecule has 3 rings (SSSR count). The van der Waals surface area contributed by atoms with Crippen LogP contribution >= 0.6 is 0 Å². The van der Waals surface area contributed by atoms with Crippen LogP contribution in [-0.2, 0) is 25.5 Å². The summed E-state index contributed by atoms with van der Waals surface area (Å²) in [5.41, 5.74) is 4.65. The molecule has 152 valence electrons. The molecule has 1 aliphatic heterocycles. The van der Waals surface area contributed by atoms with Crippen molar-refractivity contribution in [1.82, 2.24) is 0 Å². The minimum absolute atomic E-state index is 0.0898. The van der Waals surface area contributed by atoms with Crippen LogP contribution in [0.1, 0.15) is 30.0 Å². The summed E-state index contributed by atoms with van der Waals surface area (Å²) in [6, 6.07) is 13.3. The number of hydrogen-bond donors (Lipinski definition) is 1. The standard InChI is InChI=1S/C23H26N2O4/c1-4-17-9-5-6-10-19(17)24-21(26)14-29-23(28)18-12-22(27)25(13-18)20-11-7-8-15(2)16(20)3/h5-11,18H,4,12-14H2,1-3H3,(H,24,26). The van der Waals surface area contributed by atoms with Crippen molar-refractivity contribution in [3.63, 3.8) is 0 Å². The van der Waals surface area contributed by atoms with Gasteiger partial charge in [0.1, 0.15) is 0 Å². The lowest BCUT2D eigenvalue weighted by molar-refractivity contribution is -0.151. The number of carbonyl (C=O) groups excluding carboxylic acids is 3. The number of benzene rings is 2. The van der Waals surface area contributed by atoms with Gasteiger partial charge in [0.05, 0.1) is 5.92 Å². The van der Waals surface area contributed by atoms with E-state index in [2.05, 4.69) is 5.32 Å². The quantitative estimate of drug-likeness (QED) is 0.762. The highest BCUT2D eigenvalue weighted by Crippen LogP contribution is 2.29. The Kier molecular flexibility index (Phi) is 6.32. The molecule has 0 radical (unpaired) electrons. The number of rotatable bonds is 6. The first-order valence-electron chi connectivity index (χ1n) is 9.81. The summed E-state index contributed by atoms with van der Waals surface area (Å²) in [6.45, 7) is 5.85. The third kappa shape index (κ3) is 4.65. The fraction of sp³-hybridized carbons (Fsp3) is 0.348. The van der Waals surface area contributed by atoms with Gasteiger partial charge in [-0.05, 0) is 49.1 Å². The Morgan fingerprint density at radius 1 is 1.14 bits per heavy atom. The lowest BCUT2D eigenvalue weighted by Gasteiger charge is -2.20. The Balaban J connectivity index is 1.57. The van der Waals surface area contributed by atoms with E-state index in [0.717, 1.165) is 28.8 Å². The van der Waals surface area contributed by atoms with Crippen molar-refractivity contribution in [3.8, 4) is 0 Å². The van der Waals surface area contributed by atoms with Gasteiger partial charge in [-0.1, -0.05) is 37.3 Å². The highest BCUT2D eigenvalue weighted by atomic mass is 16.5. The van der Waals surface area contributed by atoms with Gasteiger partial charge in [-0.25, -0.2) is 0 Å². The number of ether oxygens (including phenoxy) is 1. The number of amides is 2. The lowest BCUT2D eigenvalue weighted by Crippen LogP contribution is -2.28. The minimum atomic E-state index is -0.571. The maximum absolute atomic E-state index is 12.4. The summed E-state index contributed by atoms with van der Waals surface area (Å²) >= 11 is 0. The van der Waals surface area contributed by atoms with Gasteiger partial charge < -0.3 is 15.0 Å². The number of esters is 1. The molecule has 1 fully saturated rings. The number of anilines is 2. The number of nitrogens with zero attached hydrogens (tertiary/aromatic N) is 1. The molecule has 1 heterocycles. The lowest BCUT2D eigenvalue weighted by atomic mass is 10.1. The van der Waals surface area contributed by atoms with Gasteiger partial charge in [0.15, 0.2) is 6.61 Å². The van der Waals surface area contributed by atoms with Gasteiger partial charge in [0.25, 0.3) is 5.91 Å².